The van der Waals surface area contributed by atoms with Crippen molar-refractivity contribution in [1.29, 1.82) is 0 Å². The Kier molecular flexibility index (Phi) is 5.53. The van der Waals surface area contributed by atoms with Crippen molar-refractivity contribution >= 4 is 22.7 Å². The van der Waals surface area contributed by atoms with Gasteiger partial charge in [0.25, 0.3) is 0 Å². The van der Waals surface area contributed by atoms with Crippen molar-refractivity contribution < 1.29 is 4.42 Å². The number of hydrogen-bond acceptors (Lipinski definition) is 7. The average molecular weight is 389 g/mol. The van der Waals surface area contributed by atoms with Gasteiger partial charge in [0, 0.05) is 22.9 Å². The quantitative estimate of drug-likeness (QED) is 0.345. The third kappa shape index (κ3) is 4.32. The number of hydrazone groups is 1. The molecule has 0 saturated heterocycles. The SMILES string of the molecule is CCCc1nnc(-c2ccc(C=NNc3nc(-c4ccccc4)cs3)cc2)o1. The molecule has 2 aromatic heterocycles. The van der Waals surface area contributed by atoms with E-state index >= 15 is 0 Å². The lowest BCUT2D eigenvalue weighted by Crippen LogP contribution is -1.90. The Balaban J connectivity index is 1.38. The van der Waals surface area contributed by atoms with Crippen molar-refractivity contribution in [2.45, 2.75) is 19.8 Å². The van der Waals surface area contributed by atoms with Crippen molar-refractivity contribution in [2.75, 3.05) is 5.43 Å². The molecule has 0 saturated carbocycles. The number of aromatic nitrogens is 3. The Labute approximate surface area is 167 Å². The Morgan fingerprint density at radius 1 is 1.04 bits per heavy atom. The summed E-state index contributed by atoms with van der Waals surface area (Å²) in [4.78, 5) is 4.55. The van der Waals surface area contributed by atoms with Gasteiger partial charge >= 0.3 is 0 Å². The first-order valence-electron chi connectivity index (χ1n) is 9.04. The largest absolute Gasteiger partial charge is 0.421 e. The minimum absolute atomic E-state index is 0.543. The lowest BCUT2D eigenvalue weighted by atomic mass is 10.1. The fourth-order valence-corrected chi connectivity index (χ4v) is 3.29. The van der Waals surface area contributed by atoms with Crippen molar-refractivity contribution in [3.8, 4) is 22.7 Å². The molecule has 0 spiro atoms. The molecule has 1 N–H and O–H groups in total. The maximum absolute atomic E-state index is 5.65. The van der Waals surface area contributed by atoms with Crippen LogP contribution < -0.4 is 5.43 Å². The molecule has 6 nitrogen and oxygen atoms in total. The van der Waals surface area contributed by atoms with Gasteiger partial charge in [-0.3, -0.25) is 5.43 Å². The van der Waals surface area contributed by atoms with E-state index in [1.54, 1.807) is 6.21 Å². The summed E-state index contributed by atoms with van der Waals surface area (Å²) in [6.45, 7) is 2.08. The van der Waals surface area contributed by atoms with Gasteiger partial charge in [0.05, 0.1) is 11.9 Å². The van der Waals surface area contributed by atoms with Crippen molar-refractivity contribution in [3.05, 3.63) is 71.4 Å². The normalized spacial score (nSPS) is 11.2. The molecule has 0 fully saturated rings. The monoisotopic (exact) mass is 389 g/mol. The molecule has 28 heavy (non-hydrogen) atoms. The minimum atomic E-state index is 0.543. The van der Waals surface area contributed by atoms with Crippen molar-refractivity contribution in [3.63, 3.8) is 0 Å². The van der Waals surface area contributed by atoms with Crippen LogP contribution in [0.15, 0.2) is 69.5 Å². The van der Waals surface area contributed by atoms with E-state index in [0.29, 0.717) is 11.8 Å². The highest BCUT2D eigenvalue weighted by Gasteiger charge is 2.07. The summed E-state index contributed by atoms with van der Waals surface area (Å²) in [7, 11) is 0. The second-order valence-corrected chi connectivity index (χ2v) is 7.00. The fraction of sp³-hybridized carbons (Fsp3) is 0.143. The van der Waals surface area contributed by atoms with Crippen LogP contribution in [-0.4, -0.2) is 21.4 Å². The van der Waals surface area contributed by atoms with Gasteiger partial charge in [0.1, 0.15) is 0 Å². The van der Waals surface area contributed by atoms with Gasteiger partial charge in [-0.15, -0.1) is 21.5 Å². The number of nitrogens with one attached hydrogen (secondary N) is 1. The smallest absolute Gasteiger partial charge is 0.247 e. The molecule has 0 aliphatic carbocycles. The summed E-state index contributed by atoms with van der Waals surface area (Å²) < 4.78 is 5.65. The third-order valence-corrected chi connectivity index (χ3v) is 4.78. The van der Waals surface area contributed by atoms with Crippen LogP contribution in [0.3, 0.4) is 0 Å². The summed E-state index contributed by atoms with van der Waals surface area (Å²) in [6, 6.07) is 17.9. The minimum Gasteiger partial charge on any atom is -0.421 e. The van der Waals surface area contributed by atoms with Gasteiger partial charge in [0.15, 0.2) is 0 Å². The first-order chi connectivity index (χ1) is 13.8. The van der Waals surface area contributed by atoms with E-state index in [1.165, 1.54) is 11.3 Å². The number of thiazole rings is 1. The molecule has 0 amide bonds. The van der Waals surface area contributed by atoms with Crippen LogP contribution in [0.1, 0.15) is 24.8 Å². The number of aryl methyl sites for hydroxylation is 1. The van der Waals surface area contributed by atoms with Crippen LogP contribution in [0, 0.1) is 0 Å². The number of anilines is 1. The van der Waals surface area contributed by atoms with Crippen LogP contribution in [0.4, 0.5) is 5.13 Å². The molecule has 4 rings (SSSR count). The Bertz CT molecular complexity index is 1050. The molecular formula is C21H19N5OS. The van der Waals surface area contributed by atoms with Crippen LogP contribution in [0.2, 0.25) is 0 Å². The van der Waals surface area contributed by atoms with Gasteiger partial charge in [-0.05, 0) is 24.1 Å². The maximum atomic E-state index is 5.65. The van der Waals surface area contributed by atoms with Gasteiger partial charge < -0.3 is 4.42 Å². The first-order valence-corrected chi connectivity index (χ1v) is 9.92. The van der Waals surface area contributed by atoms with Crippen LogP contribution in [0.25, 0.3) is 22.7 Å². The molecule has 0 aliphatic rings. The second-order valence-electron chi connectivity index (χ2n) is 6.15. The maximum Gasteiger partial charge on any atom is 0.247 e. The molecule has 0 radical (unpaired) electrons. The standard InChI is InChI=1S/C21H19N5OS/c1-2-6-19-24-25-20(27-19)17-11-9-15(10-12-17)13-22-26-21-23-18(14-28-21)16-7-4-3-5-8-16/h3-5,7-14H,2,6H2,1H3,(H,23,26). The molecule has 0 unspecified atom stereocenters. The molecular weight excluding hydrogens is 370 g/mol. The van der Waals surface area contributed by atoms with E-state index in [-0.39, 0.29) is 0 Å². The van der Waals surface area contributed by atoms with E-state index in [9.17, 15) is 0 Å². The zero-order chi connectivity index (χ0) is 19.2. The Morgan fingerprint density at radius 3 is 2.64 bits per heavy atom. The lowest BCUT2D eigenvalue weighted by Gasteiger charge is -1.97. The van der Waals surface area contributed by atoms with Gasteiger partial charge in [-0.1, -0.05) is 49.4 Å². The molecule has 0 atom stereocenters. The summed E-state index contributed by atoms with van der Waals surface area (Å²) >= 11 is 1.52. The topological polar surface area (TPSA) is 76.2 Å². The molecule has 0 aliphatic heterocycles. The second kappa shape index (κ2) is 8.58. The van der Waals surface area contributed by atoms with E-state index in [1.807, 2.05) is 60.0 Å². The highest BCUT2D eigenvalue weighted by molar-refractivity contribution is 7.14. The molecule has 4 aromatic rings. The number of hydrogen-bond donors (Lipinski definition) is 1. The summed E-state index contributed by atoms with van der Waals surface area (Å²) in [6.07, 6.45) is 3.53. The summed E-state index contributed by atoms with van der Waals surface area (Å²) in [5.74, 6) is 1.21. The fourth-order valence-electron chi connectivity index (χ4n) is 2.63. The van der Waals surface area contributed by atoms with Crippen LogP contribution >= 0.6 is 11.3 Å². The van der Waals surface area contributed by atoms with Crippen LogP contribution in [-0.2, 0) is 6.42 Å². The molecule has 0 bridgehead atoms. The molecule has 140 valence electrons. The van der Waals surface area contributed by atoms with Crippen molar-refractivity contribution in [1.82, 2.24) is 15.2 Å². The Morgan fingerprint density at radius 2 is 1.86 bits per heavy atom. The number of benzene rings is 2. The van der Waals surface area contributed by atoms with Crippen LogP contribution in [0.5, 0.6) is 0 Å². The number of rotatable bonds is 7. The highest BCUT2D eigenvalue weighted by Crippen LogP contribution is 2.24. The zero-order valence-electron chi connectivity index (χ0n) is 15.4. The first kappa shape index (κ1) is 18.1. The zero-order valence-corrected chi connectivity index (χ0v) is 16.2. The van der Waals surface area contributed by atoms with Crippen molar-refractivity contribution in [2.24, 2.45) is 5.10 Å². The van der Waals surface area contributed by atoms with E-state index < -0.39 is 0 Å². The molecule has 2 heterocycles. The van der Waals surface area contributed by atoms with E-state index in [0.717, 1.165) is 40.4 Å². The summed E-state index contributed by atoms with van der Waals surface area (Å²) in [5.41, 5.74) is 6.87. The summed E-state index contributed by atoms with van der Waals surface area (Å²) in [5, 5.41) is 15.2. The predicted octanol–water partition coefficient (Wildman–Crippen LogP) is 5.26. The third-order valence-electron chi connectivity index (χ3n) is 4.04. The lowest BCUT2D eigenvalue weighted by molar-refractivity contribution is 0.502. The Hall–Kier alpha value is -3.32. The van der Waals surface area contributed by atoms with Gasteiger partial charge in [0.2, 0.25) is 16.9 Å². The van der Waals surface area contributed by atoms with Gasteiger partial charge in [-0.2, -0.15) is 5.10 Å². The predicted molar refractivity (Wildman–Crippen MR) is 112 cm³/mol. The molecule has 2 aromatic carbocycles. The highest BCUT2D eigenvalue weighted by atomic mass is 32.1. The molecule has 7 heteroatoms. The number of nitrogens with zero attached hydrogens (tertiary/aromatic N) is 4. The van der Waals surface area contributed by atoms with Gasteiger partial charge in [-0.25, -0.2) is 4.98 Å². The average Bonchev–Trinajstić information content (AvgIpc) is 3.40. The van der Waals surface area contributed by atoms with E-state index in [2.05, 4.69) is 32.6 Å². The van der Waals surface area contributed by atoms with E-state index in [4.69, 9.17) is 4.42 Å².